The van der Waals surface area contributed by atoms with E-state index in [1.54, 1.807) is 0 Å². The lowest BCUT2D eigenvalue weighted by atomic mass is 9.92. The molecule has 0 saturated heterocycles. The molecular weight excluding hydrogens is 463 g/mol. The lowest BCUT2D eigenvalue weighted by molar-refractivity contribution is -0.138. The zero-order valence-electron chi connectivity index (χ0n) is 15.3. The summed E-state index contributed by atoms with van der Waals surface area (Å²) in [5, 5.41) is 24.1. The first-order valence-electron chi connectivity index (χ1n) is 8.48. The number of hydrogen-bond donors (Lipinski definition) is 2. The van der Waals surface area contributed by atoms with Gasteiger partial charge in [-0.05, 0) is 24.3 Å². The van der Waals surface area contributed by atoms with Crippen molar-refractivity contribution in [2.75, 3.05) is 5.01 Å². The van der Waals surface area contributed by atoms with Crippen molar-refractivity contribution in [1.29, 1.82) is 0 Å². The van der Waals surface area contributed by atoms with Crippen LogP contribution >= 0.6 is 0 Å². The van der Waals surface area contributed by atoms with Gasteiger partial charge in [0.2, 0.25) is 0 Å². The number of pyridine rings is 2. The number of aliphatic hydroxyl groups excluding tert-OH is 2. The van der Waals surface area contributed by atoms with Crippen molar-refractivity contribution >= 4 is 11.5 Å². The molecule has 32 heavy (non-hydrogen) atoms. The van der Waals surface area contributed by atoms with Crippen molar-refractivity contribution in [3.63, 3.8) is 0 Å². The molecule has 0 bridgehead atoms. The van der Waals surface area contributed by atoms with E-state index in [0.29, 0.717) is 36.7 Å². The third kappa shape index (κ3) is 4.62. The van der Waals surface area contributed by atoms with Crippen LogP contribution in [0.2, 0.25) is 0 Å². The fourth-order valence-electron chi connectivity index (χ4n) is 2.90. The summed E-state index contributed by atoms with van der Waals surface area (Å²) in [5.74, 6) is -2.84. The zero-order chi connectivity index (χ0) is 24.1. The molecule has 0 saturated carbocycles. The van der Waals surface area contributed by atoms with Crippen LogP contribution in [0.5, 0.6) is 0 Å². The number of hydrogen-bond acceptors (Lipinski definition) is 6. The molecule has 0 fully saturated rings. The highest BCUT2D eigenvalue weighted by molar-refractivity contribution is 5.95. The molecule has 2 N–H and O–H groups in total. The van der Waals surface area contributed by atoms with Gasteiger partial charge in [-0.1, -0.05) is 0 Å². The second kappa shape index (κ2) is 7.88. The number of anilines is 1. The molecule has 0 aliphatic carbocycles. The van der Waals surface area contributed by atoms with Gasteiger partial charge < -0.3 is 10.2 Å². The van der Waals surface area contributed by atoms with Crippen LogP contribution in [0.1, 0.15) is 22.9 Å². The number of aliphatic hydroxyl groups is 2. The maximum Gasteiger partial charge on any atom is 0.431 e. The molecule has 0 amide bonds. The molecular formula is C17H11F9N4O2. The van der Waals surface area contributed by atoms with Crippen LogP contribution in [0, 0.1) is 5.92 Å². The molecule has 0 aromatic carbocycles. The van der Waals surface area contributed by atoms with Gasteiger partial charge in [-0.25, -0.2) is 9.99 Å². The van der Waals surface area contributed by atoms with E-state index in [2.05, 4.69) is 15.1 Å². The highest BCUT2D eigenvalue weighted by Crippen LogP contribution is 2.40. The van der Waals surface area contributed by atoms with Crippen LogP contribution in [0.25, 0.3) is 0 Å². The Kier molecular flexibility index (Phi) is 5.84. The predicted octanol–water partition coefficient (Wildman–Crippen LogP) is 3.92. The lowest BCUT2D eigenvalue weighted by Gasteiger charge is -2.26. The standard InChI is InChI=1S/C17H11F9N4O2/c18-15(19,20)7-1-3-9(27-5-7)12(31)11-13(17(24,25)26)29-30(14(11)32)10-4-2-8(6-28-10)16(21,22)23/h1-6,11-12,14,31-32H. The van der Waals surface area contributed by atoms with Crippen LogP contribution in [-0.4, -0.2) is 38.3 Å². The highest BCUT2D eigenvalue weighted by atomic mass is 19.4. The molecule has 0 radical (unpaired) electrons. The smallest absolute Gasteiger partial charge is 0.386 e. The molecule has 1 aliphatic rings. The van der Waals surface area contributed by atoms with Gasteiger partial charge in [-0.2, -0.15) is 44.6 Å². The third-order valence-corrected chi connectivity index (χ3v) is 4.46. The Bertz CT molecular complexity index is 986. The molecule has 2 aromatic heterocycles. The van der Waals surface area contributed by atoms with Gasteiger partial charge in [-0.3, -0.25) is 4.98 Å². The van der Waals surface area contributed by atoms with Crippen LogP contribution in [0.4, 0.5) is 45.3 Å². The van der Waals surface area contributed by atoms with E-state index in [4.69, 9.17) is 0 Å². The highest BCUT2D eigenvalue weighted by Gasteiger charge is 2.53. The fourth-order valence-corrected chi connectivity index (χ4v) is 2.90. The molecule has 3 rings (SSSR count). The van der Waals surface area contributed by atoms with Gasteiger partial charge in [0.25, 0.3) is 0 Å². The number of nitrogens with zero attached hydrogens (tertiary/aromatic N) is 4. The Labute approximate surface area is 172 Å². The number of hydrazone groups is 1. The quantitative estimate of drug-likeness (QED) is 0.660. The van der Waals surface area contributed by atoms with Crippen molar-refractivity contribution in [2.45, 2.75) is 30.9 Å². The van der Waals surface area contributed by atoms with Crippen LogP contribution in [0.3, 0.4) is 0 Å². The summed E-state index contributed by atoms with van der Waals surface area (Å²) in [5.41, 5.74) is -4.77. The second-order valence-electron chi connectivity index (χ2n) is 6.58. The molecule has 0 spiro atoms. The van der Waals surface area contributed by atoms with Crippen LogP contribution in [-0.2, 0) is 12.4 Å². The molecule has 3 heterocycles. The van der Waals surface area contributed by atoms with Gasteiger partial charge in [0, 0.05) is 12.4 Å². The summed E-state index contributed by atoms with van der Waals surface area (Å²) in [6, 6.07) is 2.27. The normalized spacial score (nSPS) is 21.0. The van der Waals surface area contributed by atoms with Crippen molar-refractivity contribution in [1.82, 2.24) is 9.97 Å². The maximum absolute atomic E-state index is 13.5. The summed E-state index contributed by atoms with van der Waals surface area (Å²) in [4.78, 5) is 6.66. The van der Waals surface area contributed by atoms with E-state index < -0.39 is 65.1 Å². The van der Waals surface area contributed by atoms with Crippen LogP contribution < -0.4 is 5.01 Å². The number of halogens is 9. The van der Waals surface area contributed by atoms with Crippen molar-refractivity contribution < 1.29 is 49.7 Å². The zero-order valence-corrected chi connectivity index (χ0v) is 15.3. The molecule has 174 valence electrons. The average Bonchev–Trinajstić information content (AvgIpc) is 3.04. The summed E-state index contributed by atoms with van der Waals surface area (Å²) in [6.07, 6.45) is -18.7. The minimum absolute atomic E-state index is 0.251. The topological polar surface area (TPSA) is 81.8 Å². The fraction of sp³-hybridized carbons (Fsp3) is 0.353. The first kappa shape index (κ1) is 23.7. The SMILES string of the molecule is OC(c1ccc(C(F)(F)F)cn1)C1C(C(F)(F)F)=NN(c2ccc(C(F)(F)F)cn2)C1O. The summed E-state index contributed by atoms with van der Waals surface area (Å²) >= 11 is 0. The van der Waals surface area contributed by atoms with E-state index in [-0.39, 0.29) is 5.01 Å². The molecule has 2 aromatic rings. The Morgan fingerprint density at radius 3 is 1.72 bits per heavy atom. The van der Waals surface area contributed by atoms with E-state index in [1.165, 1.54) is 0 Å². The summed E-state index contributed by atoms with van der Waals surface area (Å²) in [7, 11) is 0. The molecule has 3 unspecified atom stereocenters. The van der Waals surface area contributed by atoms with E-state index >= 15 is 0 Å². The van der Waals surface area contributed by atoms with E-state index in [0.717, 1.165) is 0 Å². The number of alkyl halides is 9. The molecule has 3 atom stereocenters. The number of rotatable bonds is 3. The molecule has 1 aliphatic heterocycles. The first-order valence-corrected chi connectivity index (χ1v) is 8.48. The Morgan fingerprint density at radius 2 is 1.31 bits per heavy atom. The lowest BCUT2D eigenvalue weighted by Crippen LogP contribution is -2.40. The van der Waals surface area contributed by atoms with Crippen molar-refractivity contribution in [3.05, 3.63) is 53.5 Å². The largest absolute Gasteiger partial charge is 0.431 e. The Balaban J connectivity index is 1.95. The van der Waals surface area contributed by atoms with Crippen LogP contribution in [0.15, 0.2) is 41.8 Å². The Morgan fingerprint density at radius 1 is 0.781 bits per heavy atom. The monoisotopic (exact) mass is 474 g/mol. The maximum atomic E-state index is 13.5. The molecule has 15 heteroatoms. The van der Waals surface area contributed by atoms with Gasteiger partial charge in [0.1, 0.15) is 6.10 Å². The minimum Gasteiger partial charge on any atom is -0.386 e. The number of aromatic nitrogens is 2. The minimum atomic E-state index is -5.21. The average molecular weight is 474 g/mol. The first-order chi connectivity index (χ1) is 14.6. The van der Waals surface area contributed by atoms with Gasteiger partial charge in [-0.15, -0.1) is 0 Å². The predicted molar refractivity (Wildman–Crippen MR) is 88.9 cm³/mol. The summed E-state index contributed by atoms with van der Waals surface area (Å²) < 4.78 is 116. The van der Waals surface area contributed by atoms with Gasteiger partial charge in [0.05, 0.1) is 22.7 Å². The Hall–Kier alpha value is -2.94. The van der Waals surface area contributed by atoms with Gasteiger partial charge >= 0.3 is 18.5 Å². The summed E-state index contributed by atoms with van der Waals surface area (Å²) in [6.45, 7) is 0. The van der Waals surface area contributed by atoms with E-state index in [1.807, 2.05) is 0 Å². The third-order valence-electron chi connectivity index (χ3n) is 4.46. The van der Waals surface area contributed by atoms with Gasteiger partial charge in [0.15, 0.2) is 17.8 Å². The van der Waals surface area contributed by atoms with Crippen molar-refractivity contribution in [2.24, 2.45) is 11.0 Å². The van der Waals surface area contributed by atoms with Crippen molar-refractivity contribution in [3.8, 4) is 0 Å². The second-order valence-corrected chi connectivity index (χ2v) is 6.58. The van der Waals surface area contributed by atoms with E-state index in [9.17, 15) is 49.7 Å². The molecule has 6 nitrogen and oxygen atoms in total.